The Labute approximate surface area is 178 Å². The number of para-hydroxylation sites is 6. The highest BCUT2D eigenvalue weighted by atomic mass is 16.5. The Kier molecular flexibility index (Phi) is 7.66. The molecule has 0 saturated heterocycles. The Hall–Kier alpha value is -3.54. The van der Waals surface area contributed by atoms with Crippen LogP contribution in [0.1, 0.15) is 0 Å². The van der Waals surface area contributed by atoms with Crippen molar-refractivity contribution in [3.8, 4) is 17.2 Å². The normalized spacial score (nSPS) is 10.4. The molecule has 3 rings (SSSR count). The van der Waals surface area contributed by atoms with Crippen LogP contribution in [-0.2, 0) is 0 Å². The fourth-order valence-electron chi connectivity index (χ4n) is 3.21. The van der Waals surface area contributed by atoms with Crippen LogP contribution in [0, 0.1) is 0 Å². The van der Waals surface area contributed by atoms with Crippen molar-refractivity contribution in [3.05, 3.63) is 72.8 Å². The van der Waals surface area contributed by atoms with Gasteiger partial charge in [-0.15, -0.1) is 0 Å². The molecule has 158 valence electrons. The topological polar surface area (TPSA) is 63.8 Å². The minimum Gasteiger partial charge on any atom is -0.495 e. The molecule has 3 aromatic carbocycles. The fourth-order valence-corrected chi connectivity index (χ4v) is 3.21. The summed E-state index contributed by atoms with van der Waals surface area (Å²) in [5.41, 5.74) is 2.84. The van der Waals surface area contributed by atoms with E-state index in [0.29, 0.717) is 13.1 Å². The number of hydrogen-bond acceptors (Lipinski definition) is 6. The molecule has 6 heteroatoms. The molecule has 30 heavy (non-hydrogen) atoms. The van der Waals surface area contributed by atoms with Gasteiger partial charge in [0.2, 0.25) is 0 Å². The average molecular weight is 408 g/mol. The molecule has 0 aliphatic carbocycles. The summed E-state index contributed by atoms with van der Waals surface area (Å²) < 4.78 is 16.4. The van der Waals surface area contributed by atoms with Gasteiger partial charge in [0.25, 0.3) is 0 Å². The van der Waals surface area contributed by atoms with Gasteiger partial charge in [-0.3, -0.25) is 0 Å². The summed E-state index contributed by atoms with van der Waals surface area (Å²) in [7, 11) is 5.03. The maximum Gasteiger partial charge on any atom is 0.141 e. The van der Waals surface area contributed by atoms with Gasteiger partial charge in [0.05, 0.1) is 44.4 Å². The second-order valence-electron chi connectivity index (χ2n) is 6.70. The smallest absolute Gasteiger partial charge is 0.141 e. The van der Waals surface area contributed by atoms with Crippen LogP contribution >= 0.6 is 0 Å². The minimum atomic E-state index is 0.0520. The van der Waals surface area contributed by atoms with Gasteiger partial charge in [0, 0.05) is 13.1 Å². The van der Waals surface area contributed by atoms with Crippen LogP contribution in [0.25, 0.3) is 0 Å². The molecule has 0 aromatic heterocycles. The highest BCUT2D eigenvalue weighted by Gasteiger charge is 2.13. The van der Waals surface area contributed by atoms with Crippen molar-refractivity contribution in [3.63, 3.8) is 0 Å². The third kappa shape index (κ3) is 5.50. The zero-order valence-electron chi connectivity index (χ0n) is 17.6. The molecule has 0 heterocycles. The van der Waals surface area contributed by atoms with Gasteiger partial charge in [-0.25, -0.2) is 0 Å². The van der Waals surface area contributed by atoms with E-state index in [1.165, 1.54) is 0 Å². The molecule has 0 fully saturated rings. The first-order chi connectivity index (χ1) is 14.7. The minimum absolute atomic E-state index is 0.0520. The summed E-state index contributed by atoms with van der Waals surface area (Å²) in [5, 5.41) is 10.6. The zero-order chi connectivity index (χ0) is 21.2. The van der Waals surface area contributed by atoms with Gasteiger partial charge in [-0.1, -0.05) is 36.4 Å². The first kappa shape index (κ1) is 21.2. The highest BCUT2D eigenvalue weighted by molar-refractivity contribution is 5.60. The predicted octanol–water partition coefficient (Wildman–Crippen LogP) is 4.72. The number of rotatable bonds is 11. The molecule has 0 aliphatic heterocycles. The van der Waals surface area contributed by atoms with E-state index in [-0.39, 0.29) is 6.04 Å². The molecule has 0 bridgehead atoms. The van der Waals surface area contributed by atoms with Crippen molar-refractivity contribution in [2.45, 2.75) is 6.04 Å². The summed E-state index contributed by atoms with van der Waals surface area (Å²) in [6.45, 7) is 1.33. The Morgan fingerprint density at radius 1 is 0.567 bits per heavy atom. The largest absolute Gasteiger partial charge is 0.495 e. The summed E-state index contributed by atoms with van der Waals surface area (Å²) in [4.78, 5) is 0. The molecule has 0 atom stereocenters. The third-order valence-corrected chi connectivity index (χ3v) is 4.76. The van der Waals surface area contributed by atoms with Gasteiger partial charge < -0.3 is 30.2 Å². The first-order valence-corrected chi connectivity index (χ1v) is 9.88. The van der Waals surface area contributed by atoms with Crippen molar-refractivity contribution in [2.24, 2.45) is 0 Å². The lowest BCUT2D eigenvalue weighted by Crippen LogP contribution is -2.35. The third-order valence-electron chi connectivity index (χ3n) is 4.76. The monoisotopic (exact) mass is 407 g/mol. The number of nitrogens with one attached hydrogen (secondary N) is 3. The van der Waals surface area contributed by atoms with Crippen molar-refractivity contribution in [1.82, 2.24) is 0 Å². The summed E-state index contributed by atoms with van der Waals surface area (Å²) >= 11 is 0. The second-order valence-corrected chi connectivity index (χ2v) is 6.70. The van der Waals surface area contributed by atoms with Gasteiger partial charge in [0.1, 0.15) is 17.2 Å². The van der Waals surface area contributed by atoms with Crippen LogP contribution < -0.4 is 30.2 Å². The van der Waals surface area contributed by atoms with Crippen LogP contribution in [0.5, 0.6) is 17.2 Å². The molecule has 0 unspecified atom stereocenters. The van der Waals surface area contributed by atoms with E-state index in [0.717, 1.165) is 34.3 Å². The Bertz CT molecular complexity index is 881. The van der Waals surface area contributed by atoms with E-state index in [4.69, 9.17) is 14.2 Å². The van der Waals surface area contributed by atoms with Gasteiger partial charge in [0.15, 0.2) is 0 Å². The van der Waals surface area contributed by atoms with E-state index >= 15 is 0 Å². The molecular weight excluding hydrogens is 378 g/mol. The van der Waals surface area contributed by atoms with E-state index < -0.39 is 0 Å². The maximum atomic E-state index is 5.50. The Balaban J connectivity index is 1.75. The lowest BCUT2D eigenvalue weighted by atomic mass is 10.2. The molecule has 6 nitrogen and oxygen atoms in total. The molecule has 0 spiro atoms. The van der Waals surface area contributed by atoms with Crippen LogP contribution in [0.3, 0.4) is 0 Å². The van der Waals surface area contributed by atoms with E-state index in [9.17, 15) is 0 Å². The molecule has 0 saturated carbocycles. The summed E-state index contributed by atoms with van der Waals surface area (Å²) in [6.07, 6.45) is 0. The highest BCUT2D eigenvalue weighted by Crippen LogP contribution is 2.27. The van der Waals surface area contributed by atoms with Crippen LogP contribution in [0.2, 0.25) is 0 Å². The molecule has 3 aromatic rings. The van der Waals surface area contributed by atoms with Crippen molar-refractivity contribution >= 4 is 17.1 Å². The van der Waals surface area contributed by atoms with Crippen LogP contribution in [-0.4, -0.2) is 40.5 Å². The van der Waals surface area contributed by atoms with Crippen molar-refractivity contribution < 1.29 is 14.2 Å². The van der Waals surface area contributed by atoms with Gasteiger partial charge in [-0.05, 0) is 36.4 Å². The molecule has 0 amide bonds. The van der Waals surface area contributed by atoms with Crippen LogP contribution in [0.15, 0.2) is 72.8 Å². The standard InChI is InChI=1S/C24H29N3O3/c1-28-22-13-7-4-10-19(22)25-16-18(27-21-12-6-9-15-24(21)30-3)17-26-20-11-5-8-14-23(20)29-2/h4-15,18,25-27H,16-17H2,1-3H3. The van der Waals surface area contributed by atoms with Crippen molar-refractivity contribution in [1.29, 1.82) is 0 Å². The zero-order valence-corrected chi connectivity index (χ0v) is 17.6. The predicted molar refractivity (Wildman–Crippen MR) is 123 cm³/mol. The molecule has 0 aliphatic rings. The van der Waals surface area contributed by atoms with E-state index in [2.05, 4.69) is 16.0 Å². The number of methoxy groups -OCH3 is 3. The fraction of sp³-hybridized carbons (Fsp3) is 0.250. The SMILES string of the molecule is COc1ccccc1NCC(CNc1ccccc1OC)Nc1ccccc1OC. The van der Waals surface area contributed by atoms with Crippen LogP contribution in [0.4, 0.5) is 17.1 Å². The molecule has 3 N–H and O–H groups in total. The Morgan fingerprint density at radius 3 is 1.37 bits per heavy atom. The molecular formula is C24H29N3O3. The number of hydrogen-bond donors (Lipinski definition) is 3. The maximum absolute atomic E-state index is 5.50. The van der Waals surface area contributed by atoms with Crippen molar-refractivity contribution in [2.75, 3.05) is 50.4 Å². The van der Waals surface area contributed by atoms with E-state index in [1.54, 1.807) is 21.3 Å². The lowest BCUT2D eigenvalue weighted by Gasteiger charge is -2.24. The summed E-state index contributed by atoms with van der Waals surface area (Å²) in [6, 6.07) is 23.7. The Morgan fingerprint density at radius 2 is 0.933 bits per heavy atom. The average Bonchev–Trinajstić information content (AvgIpc) is 2.81. The number of ether oxygens (including phenoxy) is 3. The second kappa shape index (κ2) is 10.9. The van der Waals surface area contributed by atoms with Gasteiger partial charge >= 0.3 is 0 Å². The first-order valence-electron chi connectivity index (χ1n) is 9.88. The lowest BCUT2D eigenvalue weighted by molar-refractivity contribution is 0.415. The number of benzene rings is 3. The quantitative estimate of drug-likeness (QED) is 0.428. The molecule has 0 radical (unpaired) electrons. The van der Waals surface area contributed by atoms with Gasteiger partial charge in [-0.2, -0.15) is 0 Å². The number of anilines is 3. The van der Waals surface area contributed by atoms with E-state index in [1.807, 2.05) is 72.8 Å². The summed E-state index contributed by atoms with van der Waals surface area (Å²) in [5.74, 6) is 2.43.